The first-order valence-electron chi connectivity index (χ1n) is 10.7. The summed E-state index contributed by atoms with van der Waals surface area (Å²) in [5.74, 6) is -1.41. The molecule has 0 saturated carbocycles. The second-order valence-corrected chi connectivity index (χ2v) is 7.81. The number of hydrogen-bond donors (Lipinski definition) is 1. The number of nitrogens with one attached hydrogen (secondary N) is 1. The Morgan fingerprint density at radius 3 is 2.57 bits per heavy atom. The molecule has 6 nitrogen and oxygen atoms in total. The molecule has 0 saturated heterocycles. The van der Waals surface area contributed by atoms with Gasteiger partial charge in [0.1, 0.15) is 11.6 Å². The number of carbonyl (C=O) groups is 1. The highest BCUT2D eigenvalue weighted by atomic mass is 19.1. The molecule has 0 fully saturated rings. The molecule has 0 aliphatic heterocycles. The van der Waals surface area contributed by atoms with Crippen LogP contribution in [0.15, 0.2) is 85.2 Å². The lowest BCUT2D eigenvalue weighted by atomic mass is 10.2. The molecule has 1 N–H and O–H groups in total. The largest absolute Gasteiger partial charge is 0.454 e. The SMILES string of the molecule is Cc1ccc(-c2cnc3ccc(Oc4cc(NC(=O)c5cccc(F)c5)ccc4F)cc3n2)cn1. The van der Waals surface area contributed by atoms with Crippen LogP contribution < -0.4 is 10.1 Å². The van der Waals surface area contributed by atoms with E-state index in [1.54, 1.807) is 30.6 Å². The summed E-state index contributed by atoms with van der Waals surface area (Å²) in [5, 5.41) is 2.62. The van der Waals surface area contributed by atoms with E-state index in [4.69, 9.17) is 4.74 Å². The summed E-state index contributed by atoms with van der Waals surface area (Å²) in [6.07, 6.45) is 3.39. The summed E-state index contributed by atoms with van der Waals surface area (Å²) in [4.78, 5) is 25.8. The highest BCUT2D eigenvalue weighted by Crippen LogP contribution is 2.30. The molecule has 0 spiro atoms. The van der Waals surface area contributed by atoms with Crippen molar-refractivity contribution in [1.82, 2.24) is 15.0 Å². The summed E-state index contributed by atoms with van der Waals surface area (Å²) in [6, 6.07) is 18.1. The number of pyridine rings is 1. The Labute approximate surface area is 199 Å². The number of rotatable bonds is 5. The summed E-state index contributed by atoms with van der Waals surface area (Å²) < 4.78 is 33.6. The molecule has 1 amide bonds. The molecule has 0 radical (unpaired) electrons. The maximum Gasteiger partial charge on any atom is 0.255 e. The number of ether oxygens (including phenoxy) is 1. The van der Waals surface area contributed by atoms with Crippen LogP contribution in [0.5, 0.6) is 11.5 Å². The van der Waals surface area contributed by atoms with Crippen LogP contribution >= 0.6 is 0 Å². The van der Waals surface area contributed by atoms with Crippen LogP contribution in [0.1, 0.15) is 16.1 Å². The van der Waals surface area contributed by atoms with Gasteiger partial charge in [-0.05, 0) is 61.5 Å². The molecule has 0 unspecified atom stereocenters. The van der Waals surface area contributed by atoms with Gasteiger partial charge in [0.2, 0.25) is 0 Å². The Morgan fingerprint density at radius 2 is 1.77 bits per heavy atom. The first-order chi connectivity index (χ1) is 16.9. The number of aromatic nitrogens is 3. The fraction of sp³-hybridized carbons (Fsp3) is 0.0370. The van der Waals surface area contributed by atoms with Crippen LogP contribution in [0.2, 0.25) is 0 Å². The average Bonchev–Trinajstić information content (AvgIpc) is 2.86. The maximum atomic E-state index is 14.5. The van der Waals surface area contributed by atoms with Crippen molar-refractivity contribution in [2.24, 2.45) is 0 Å². The fourth-order valence-corrected chi connectivity index (χ4v) is 3.43. The monoisotopic (exact) mass is 468 g/mol. The van der Waals surface area contributed by atoms with Crippen molar-refractivity contribution in [2.45, 2.75) is 6.92 Å². The van der Waals surface area contributed by atoms with Gasteiger partial charge < -0.3 is 10.1 Å². The van der Waals surface area contributed by atoms with E-state index in [2.05, 4.69) is 20.3 Å². The van der Waals surface area contributed by atoms with Crippen molar-refractivity contribution in [3.8, 4) is 22.8 Å². The molecular formula is C27H18F2N4O2. The zero-order valence-electron chi connectivity index (χ0n) is 18.5. The molecule has 0 aliphatic rings. The van der Waals surface area contributed by atoms with Crippen molar-refractivity contribution in [3.05, 3.63) is 108 Å². The Balaban J connectivity index is 1.39. The van der Waals surface area contributed by atoms with Crippen LogP contribution in [0.3, 0.4) is 0 Å². The Hall–Kier alpha value is -4.72. The molecule has 3 aromatic carbocycles. The second kappa shape index (κ2) is 9.26. The van der Waals surface area contributed by atoms with Gasteiger partial charge in [-0.25, -0.2) is 13.8 Å². The maximum absolute atomic E-state index is 14.5. The summed E-state index contributed by atoms with van der Waals surface area (Å²) >= 11 is 0. The number of nitrogens with zero attached hydrogens (tertiary/aromatic N) is 3. The first kappa shape index (κ1) is 22.1. The van der Waals surface area contributed by atoms with E-state index >= 15 is 0 Å². The van der Waals surface area contributed by atoms with E-state index in [1.807, 2.05) is 19.1 Å². The molecule has 0 aliphatic carbocycles. The number of hydrogen-bond acceptors (Lipinski definition) is 5. The molecule has 172 valence electrons. The molecule has 8 heteroatoms. The van der Waals surface area contributed by atoms with Crippen molar-refractivity contribution in [2.75, 3.05) is 5.32 Å². The van der Waals surface area contributed by atoms with E-state index < -0.39 is 17.5 Å². The molecule has 2 aromatic heterocycles. The minimum absolute atomic E-state index is 0.0896. The van der Waals surface area contributed by atoms with Crippen molar-refractivity contribution < 1.29 is 18.3 Å². The average molecular weight is 468 g/mol. The topological polar surface area (TPSA) is 77.0 Å². The minimum Gasteiger partial charge on any atom is -0.454 e. The molecule has 0 atom stereocenters. The molecule has 35 heavy (non-hydrogen) atoms. The van der Waals surface area contributed by atoms with Crippen LogP contribution in [0.25, 0.3) is 22.3 Å². The Kier molecular flexibility index (Phi) is 5.85. The number of benzene rings is 3. The fourth-order valence-electron chi connectivity index (χ4n) is 3.43. The number of carbonyl (C=O) groups excluding carboxylic acids is 1. The van der Waals surface area contributed by atoms with Gasteiger partial charge >= 0.3 is 0 Å². The third-order valence-electron chi connectivity index (χ3n) is 5.22. The van der Waals surface area contributed by atoms with Crippen molar-refractivity contribution >= 4 is 22.6 Å². The van der Waals surface area contributed by atoms with Gasteiger partial charge in [-0.1, -0.05) is 6.07 Å². The Morgan fingerprint density at radius 1 is 0.886 bits per heavy atom. The van der Waals surface area contributed by atoms with E-state index in [9.17, 15) is 13.6 Å². The normalized spacial score (nSPS) is 10.8. The lowest BCUT2D eigenvalue weighted by molar-refractivity contribution is 0.102. The predicted molar refractivity (Wildman–Crippen MR) is 128 cm³/mol. The number of anilines is 1. The zero-order chi connectivity index (χ0) is 24.4. The van der Waals surface area contributed by atoms with Gasteiger partial charge in [0.05, 0.1) is 22.9 Å². The van der Waals surface area contributed by atoms with Crippen molar-refractivity contribution in [1.29, 1.82) is 0 Å². The molecule has 5 aromatic rings. The van der Waals surface area contributed by atoms with Gasteiger partial charge in [-0.2, -0.15) is 0 Å². The van der Waals surface area contributed by atoms with Gasteiger partial charge in [0.15, 0.2) is 11.6 Å². The molecule has 2 heterocycles. The summed E-state index contributed by atoms with van der Waals surface area (Å²) in [7, 11) is 0. The van der Waals surface area contributed by atoms with Gasteiger partial charge in [0, 0.05) is 40.8 Å². The smallest absolute Gasteiger partial charge is 0.255 e. The van der Waals surface area contributed by atoms with E-state index in [0.29, 0.717) is 28.2 Å². The number of amides is 1. The molecular weight excluding hydrogens is 450 g/mol. The molecule has 5 rings (SSSR count). The molecule has 0 bridgehead atoms. The number of halogens is 2. The van der Waals surface area contributed by atoms with Gasteiger partial charge in [0.25, 0.3) is 5.91 Å². The lowest BCUT2D eigenvalue weighted by Crippen LogP contribution is -2.12. The van der Waals surface area contributed by atoms with E-state index in [-0.39, 0.29) is 11.3 Å². The summed E-state index contributed by atoms with van der Waals surface area (Å²) in [5.41, 5.74) is 4.03. The third-order valence-corrected chi connectivity index (χ3v) is 5.22. The van der Waals surface area contributed by atoms with Crippen LogP contribution in [-0.2, 0) is 0 Å². The third kappa shape index (κ3) is 4.96. The highest BCUT2D eigenvalue weighted by molar-refractivity contribution is 6.04. The van der Waals surface area contributed by atoms with E-state index in [1.165, 1.54) is 36.4 Å². The summed E-state index contributed by atoms with van der Waals surface area (Å²) in [6.45, 7) is 1.90. The lowest BCUT2D eigenvalue weighted by Gasteiger charge is -2.11. The number of aryl methyl sites for hydroxylation is 1. The zero-order valence-corrected chi connectivity index (χ0v) is 18.5. The van der Waals surface area contributed by atoms with Gasteiger partial charge in [-0.15, -0.1) is 0 Å². The van der Waals surface area contributed by atoms with Gasteiger partial charge in [-0.3, -0.25) is 14.8 Å². The number of fused-ring (bicyclic) bond motifs is 1. The van der Waals surface area contributed by atoms with Crippen molar-refractivity contribution in [3.63, 3.8) is 0 Å². The van der Waals surface area contributed by atoms with Crippen LogP contribution in [0.4, 0.5) is 14.5 Å². The van der Waals surface area contributed by atoms with E-state index in [0.717, 1.165) is 17.3 Å². The standard InChI is InChI=1S/C27H18F2N4O2/c1-16-5-6-18(14-30-16)25-15-31-23-10-8-21(13-24(23)33-25)35-26-12-20(7-9-22(26)29)32-27(34)17-3-2-4-19(28)11-17/h2-15H,1H3,(H,32,34). The van der Waals surface area contributed by atoms with Crippen LogP contribution in [-0.4, -0.2) is 20.9 Å². The Bertz CT molecular complexity index is 1560. The highest BCUT2D eigenvalue weighted by Gasteiger charge is 2.12. The minimum atomic E-state index is -0.612. The second-order valence-electron chi connectivity index (χ2n) is 7.81. The first-order valence-corrected chi connectivity index (χ1v) is 10.7. The van der Waals surface area contributed by atoms with Crippen LogP contribution in [0, 0.1) is 18.6 Å². The predicted octanol–water partition coefficient (Wildman–Crippen LogP) is 6.32. The quantitative estimate of drug-likeness (QED) is 0.327.